The van der Waals surface area contributed by atoms with Crippen LogP contribution in [0.2, 0.25) is 0 Å². The van der Waals surface area contributed by atoms with Gasteiger partial charge in [-0.15, -0.1) is 0 Å². The van der Waals surface area contributed by atoms with Crippen LogP contribution in [0.4, 0.5) is 11.4 Å². The number of pyridine rings is 1. The Morgan fingerprint density at radius 1 is 0.914 bits per heavy atom. The van der Waals surface area contributed by atoms with Crippen molar-refractivity contribution in [2.45, 2.75) is 0 Å². The van der Waals surface area contributed by atoms with Gasteiger partial charge in [-0.25, -0.2) is 15.4 Å². The van der Waals surface area contributed by atoms with Gasteiger partial charge in [0, 0.05) is 30.4 Å². The first-order chi connectivity index (χ1) is 17.1. The number of amides is 1. The predicted octanol–water partition coefficient (Wildman–Crippen LogP) is 2.67. The SMILES string of the molecule is O=C(NCCNCCN=C1NN(O)c2ccccc2N1O)c1cccc2cc3ccccc3nc12. The first-order valence-corrected chi connectivity index (χ1v) is 11.3. The molecule has 4 aromatic rings. The quantitative estimate of drug-likeness (QED) is 0.206. The van der Waals surface area contributed by atoms with Crippen LogP contribution < -0.4 is 26.3 Å². The number of hydroxylamine groups is 1. The number of guanidine groups is 1. The van der Waals surface area contributed by atoms with Crippen molar-refractivity contribution in [3.05, 3.63) is 78.4 Å². The number of aromatic nitrogens is 1. The number of hydrogen-bond acceptors (Lipinski definition) is 7. The number of fused-ring (bicyclic) bond motifs is 3. The van der Waals surface area contributed by atoms with E-state index in [1.54, 1.807) is 30.3 Å². The number of anilines is 2. The summed E-state index contributed by atoms with van der Waals surface area (Å²) in [7, 11) is 0. The highest BCUT2D eigenvalue weighted by molar-refractivity contribution is 6.07. The van der Waals surface area contributed by atoms with Gasteiger partial charge in [0.15, 0.2) is 0 Å². The molecule has 10 heteroatoms. The van der Waals surface area contributed by atoms with Crippen LogP contribution >= 0.6 is 0 Å². The summed E-state index contributed by atoms with van der Waals surface area (Å²) in [5.41, 5.74) is 5.51. The molecule has 1 aromatic heterocycles. The van der Waals surface area contributed by atoms with E-state index in [0.717, 1.165) is 26.5 Å². The molecule has 0 atom stereocenters. The fraction of sp³-hybridized carbons (Fsp3) is 0.160. The standard InChI is InChI=1S/C25H25N7O3/c33-24(19-8-5-7-18-16-17-6-1-2-9-20(17)29-23(18)19)27-14-12-26-13-15-28-25-30-32(35)22-11-4-3-10-21(22)31(25)34/h1-11,16,26,34-35H,12-15H2,(H,27,33)(H,28,30). The highest BCUT2D eigenvalue weighted by atomic mass is 16.6. The van der Waals surface area contributed by atoms with Gasteiger partial charge in [0.05, 0.1) is 23.1 Å². The van der Waals surface area contributed by atoms with Gasteiger partial charge in [-0.05, 0) is 30.3 Å². The topological polar surface area (TPSA) is 125 Å². The van der Waals surface area contributed by atoms with E-state index in [4.69, 9.17) is 4.98 Å². The van der Waals surface area contributed by atoms with Crippen molar-refractivity contribution in [2.75, 3.05) is 36.4 Å². The first-order valence-electron chi connectivity index (χ1n) is 11.3. The monoisotopic (exact) mass is 471 g/mol. The number of nitrogens with zero attached hydrogens (tertiary/aromatic N) is 4. The summed E-state index contributed by atoms with van der Waals surface area (Å²) >= 11 is 0. The van der Waals surface area contributed by atoms with E-state index in [0.29, 0.717) is 48.6 Å². The molecule has 178 valence electrons. The van der Waals surface area contributed by atoms with Gasteiger partial charge in [-0.2, -0.15) is 10.2 Å². The Morgan fingerprint density at radius 3 is 2.57 bits per heavy atom. The van der Waals surface area contributed by atoms with Crippen molar-refractivity contribution in [2.24, 2.45) is 4.99 Å². The maximum atomic E-state index is 12.8. The zero-order valence-electron chi connectivity index (χ0n) is 18.8. The van der Waals surface area contributed by atoms with Crippen molar-refractivity contribution in [3.8, 4) is 0 Å². The van der Waals surface area contributed by atoms with E-state index in [9.17, 15) is 15.2 Å². The molecule has 5 rings (SSSR count). The predicted molar refractivity (Wildman–Crippen MR) is 135 cm³/mol. The number of carbonyl (C=O) groups is 1. The largest absolute Gasteiger partial charge is 0.351 e. The molecule has 0 radical (unpaired) electrons. The van der Waals surface area contributed by atoms with Gasteiger partial charge >= 0.3 is 0 Å². The molecule has 0 bridgehead atoms. The molecule has 3 aromatic carbocycles. The van der Waals surface area contributed by atoms with Gasteiger partial charge < -0.3 is 10.6 Å². The molecule has 0 saturated heterocycles. The van der Waals surface area contributed by atoms with Crippen LogP contribution in [-0.2, 0) is 0 Å². The Hall–Kier alpha value is -4.25. The molecule has 0 unspecified atom stereocenters. The average Bonchev–Trinajstić information content (AvgIpc) is 2.89. The van der Waals surface area contributed by atoms with E-state index in [1.807, 2.05) is 42.5 Å². The van der Waals surface area contributed by atoms with Crippen LogP contribution in [0.1, 0.15) is 10.4 Å². The molecule has 10 nitrogen and oxygen atoms in total. The van der Waals surface area contributed by atoms with Crippen molar-refractivity contribution in [1.29, 1.82) is 0 Å². The molecule has 1 aliphatic rings. The minimum atomic E-state index is -0.176. The second-order valence-electron chi connectivity index (χ2n) is 7.99. The third kappa shape index (κ3) is 4.71. The summed E-state index contributed by atoms with van der Waals surface area (Å²) in [6.07, 6.45) is 0. The van der Waals surface area contributed by atoms with Crippen LogP contribution in [0.3, 0.4) is 0 Å². The Morgan fingerprint density at radius 2 is 1.69 bits per heavy atom. The van der Waals surface area contributed by atoms with Crippen molar-refractivity contribution in [1.82, 2.24) is 21.0 Å². The molecule has 1 aliphatic heterocycles. The second-order valence-corrected chi connectivity index (χ2v) is 7.99. The van der Waals surface area contributed by atoms with Crippen LogP contribution in [0.25, 0.3) is 21.8 Å². The second kappa shape index (κ2) is 9.94. The van der Waals surface area contributed by atoms with E-state index in [1.165, 1.54) is 0 Å². The summed E-state index contributed by atoms with van der Waals surface area (Å²) in [5.74, 6) is -0.0678. The van der Waals surface area contributed by atoms with Crippen molar-refractivity contribution >= 4 is 45.0 Å². The normalized spacial score (nSPS) is 14.3. The number of aliphatic imine (C=N–C) groups is 1. The Bertz CT molecular complexity index is 1410. The molecule has 0 aliphatic carbocycles. The fourth-order valence-electron chi connectivity index (χ4n) is 3.95. The van der Waals surface area contributed by atoms with Gasteiger partial charge in [0.25, 0.3) is 5.91 Å². The van der Waals surface area contributed by atoms with Gasteiger partial charge in [0.1, 0.15) is 11.4 Å². The molecular weight excluding hydrogens is 446 g/mol. The van der Waals surface area contributed by atoms with E-state index >= 15 is 0 Å². The minimum Gasteiger partial charge on any atom is -0.351 e. The number of rotatable bonds is 7. The maximum absolute atomic E-state index is 12.8. The molecule has 2 heterocycles. The summed E-state index contributed by atoms with van der Waals surface area (Å²) in [4.78, 5) is 21.8. The van der Waals surface area contributed by atoms with E-state index < -0.39 is 0 Å². The highest BCUT2D eigenvalue weighted by Crippen LogP contribution is 2.29. The summed E-state index contributed by atoms with van der Waals surface area (Å²) in [5, 5.41) is 30.1. The zero-order chi connectivity index (χ0) is 24.2. The molecule has 1 amide bonds. The number of nitrogens with one attached hydrogen (secondary N) is 3. The fourth-order valence-corrected chi connectivity index (χ4v) is 3.95. The molecule has 5 N–H and O–H groups in total. The minimum absolute atomic E-state index is 0.109. The summed E-state index contributed by atoms with van der Waals surface area (Å²) < 4.78 is 0. The zero-order valence-corrected chi connectivity index (χ0v) is 18.8. The van der Waals surface area contributed by atoms with Crippen LogP contribution in [0.5, 0.6) is 0 Å². The lowest BCUT2D eigenvalue weighted by Gasteiger charge is -2.32. The maximum Gasteiger partial charge on any atom is 0.253 e. The number of hydrazine groups is 1. The van der Waals surface area contributed by atoms with Crippen molar-refractivity contribution in [3.63, 3.8) is 0 Å². The number of para-hydroxylation sites is 4. The highest BCUT2D eigenvalue weighted by Gasteiger charge is 2.25. The van der Waals surface area contributed by atoms with Gasteiger partial charge in [-0.3, -0.25) is 15.2 Å². The van der Waals surface area contributed by atoms with E-state index in [-0.39, 0.29) is 11.9 Å². The van der Waals surface area contributed by atoms with Crippen molar-refractivity contribution < 1.29 is 15.2 Å². The molecule has 0 spiro atoms. The summed E-state index contributed by atoms with van der Waals surface area (Å²) in [6, 6.07) is 22.3. The Kier molecular flexibility index (Phi) is 6.40. The average molecular weight is 472 g/mol. The Balaban J connectivity index is 1.12. The number of carbonyl (C=O) groups excluding carboxylic acids is 1. The smallest absolute Gasteiger partial charge is 0.253 e. The lowest BCUT2D eigenvalue weighted by atomic mass is 10.1. The molecule has 35 heavy (non-hydrogen) atoms. The number of benzene rings is 3. The lowest BCUT2D eigenvalue weighted by molar-refractivity contribution is 0.0955. The lowest BCUT2D eigenvalue weighted by Crippen LogP contribution is -2.52. The van der Waals surface area contributed by atoms with Crippen LogP contribution in [0, 0.1) is 0 Å². The Labute approximate surface area is 201 Å². The molecular formula is C25H25N7O3. The third-order valence-electron chi connectivity index (χ3n) is 5.67. The number of hydrogen-bond donors (Lipinski definition) is 5. The molecule has 0 fully saturated rings. The summed E-state index contributed by atoms with van der Waals surface area (Å²) in [6.45, 7) is 1.85. The van der Waals surface area contributed by atoms with Crippen LogP contribution in [-0.4, -0.2) is 53.4 Å². The van der Waals surface area contributed by atoms with Gasteiger partial charge in [0.2, 0.25) is 5.96 Å². The van der Waals surface area contributed by atoms with Gasteiger partial charge in [-0.1, -0.05) is 42.5 Å². The van der Waals surface area contributed by atoms with E-state index in [2.05, 4.69) is 21.1 Å². The third-order valence-corrected chi connectivity index (χ3v) is 5.67. The molecule has 0 saturated carbocycles. The van der Waals surface area contributed by atoms with Crippen LogP contribution in [0.15, 0.2) is 77.8 Å². The first kappa shape index (κ1) is 22.5.